The van der Waals surface area contributed by atoms with E-state index >= 15 is 4.39 Å². The van der Waals surface area contributed by atoms with Crippen LogP contribution in [0.5, 0.6) is 6.01 Å². The second-order valence-electron chi connectivity index (χ2n) is 12.8. The summed E-state index contributed by atoms with van der Waals surface area (Å²) in [5.74, 6) is -0.291. The fourth-order valence-corrected chi connectivity index (χ4v) is 7.21. The van der Waals surface area contributed by atoms with E-state index in [0.29, 0.717) is 42.8 Å². The van der Waals surface area contributed by atoms with Gasteiger partial charge in [0.05, 0.1) is 16.7 Å². The van der Waals surface area contributed by atoms with Crippen molar-refractivity contribution < 1.29 is 18.3 Å². The SMILES string of the molecule is C=CC(=O)N1C[C@H](C)N(c2nc(OC[C@H]3CC(C)(F)CN3C)nc3c(F)c(-c4c(C)ccc5cnn(C)c45)c(Cl)cc23)C[C@H]1C. The summed E-state index contributed by atoms with van der Waals surface area (Å²) in [7, 11) is 3.67. The third kappa shape index (κ3) is 5.50. The van der Waals surface area contributed by atoms with Gasteiger partial charge in [0.15, 0.2) is 5.82 Å². The molecule has 6 rings (SSSR count). The molecule has 238 valence electrons. The molecule has 2 saturated heterocycles. The molecule has 0 radical (unpaired) electrons. The van der Waals surface area contributed by atoms with E-state index in [0.717, 1.165) is 16.5 Å². The molecule has 2 aliphatic rings. The summed E-state index contributed by atoms with van der Waals surface area (Å²) in [5, 5.41) is 5.89. The zero-order valence-electron chi connectivity index (χ0n) is 26.4. The van der Waals surface area contributed by atoms with Crippen LogP contribution in [0.1, 0.15) is 32.8 Å². The number of nitrogens with zero attached hydrogens (tertiary/aromatic N) is 7. The van der Waals surface area contributed by atoms with Gasteiger partial charge < -0.3 is 14.5 Å². The molecule has 2 aromatic carbocycles. The first-order valence-corrected chi connectivity index (χ1v) is 15.5. The minimum absolute atomic E-state index is 0.00884. The quantitative estimate of drug-likeness (QED) is 0.251. The van der Waals surface area contributed by atoms with Crippen LogP contribution in [-0.4, -0.2) is 92.5 Å². The fraction of sp³-hybridized carbons (Fsp3) is 0.455. The van der Waals surface area contributed by atoms with Crippen molar-refractivity contribution in [2.45, 2.75) is 57.9 Å². The molecule has 2 aliphatic heterocycles. The summed E-state index contributed by atoms with van der Waals surface area (Å²) in [5.41, 5.74) is 1.18. The molecule has 0 spiro atoms. The smallest absolute Gasteiger partial charge is 0.319 e. The van der Waals surface area contributed by atoms with E-state index in [-0.39, 0.29) is 52.8 Å². The van der Waals surface area contributed by atoms with Crippen LogP contribution in [0.15, 0.2) is 37.1 Å². The van der Waals surface area contributed by atoms with Gasteiger partial charge >= 0.3 is 6.01 Å². The van der Waals surface area contributed by atoms with Crippen molar-refractivity contribution in [2.24, 2.45) is 7.05 Å². The van der Waals surface area contributed by atoms with Crippen LogP contribution >= 0.6 is 11.6 Å². The number of halogens is 3. The van der Waals surface area contributed by atoms with Gasteiger partial charge in [0, 0.05) is 73.1 Å². The summed E-state index contributed by atoms with van der Waals surface area (Å²) < 4.78 is 39.6. The lowest BCUT2D eigenvalue weighted by Crippen LogP contribution is -2.58. The Kier molecular flexibility index (Phi) is 7.97. The molecule has 4 atom stereocenters. The Morgan fingerprint density at radius 1 is 1.20 bits per heavy atom. The topological polar surface area (TPSA) is 79.6 Å². The molecule has 1 unspecified atom stereocenters. The van der Waals surface area contributed by atoms with Crippen LogP contribution in [0, 0.1) is 12.7 Å². The van der Waals surface area contributed by atoms with Crippen molar-refractivity contribution in [2.75, 3.05) is 38.2 Å². The van der Waals surface area contributed by atoms with Crippen LogP contribution in [0.4, 0.5) is 14.6 Å². The predicted molar refractivity (Wildman–Crippen MR) is 173 cm³/mol. The molecular formula is C33H38ClF2N7O2. The second kappa shape index (κ2) is 11.5. The molecule has 45 heavy (non-hydrogen) atoms. The molecule has 0 N–H and O–H groups in total. The average Bonchev–Trinajstić information content (AvgIpc) is 3.49. The number of fused-ring (bicyclic) bond motifs is 2. The van der Waals surface area contributed by atoms with E-state index in [9.17, 15) is 9.18 Å². The van der Waals surface area contributed by atoms with E-state index in [1.54, 1.807) is 28.8 Å². The van der Waals surface area contributed by atoms with Crippen molar-refractivity contribution in [1.82, 2.24) is 29.5 Å². The molecule has 4 heterocycles. The number of ether oxygens (including phenoxy) is 1. The van der Waals surface area contributed by atoms with Gasteiger partial charge in [-0.15, -0.1) is 0 Å². The van der Waals surface area contributed by atoms with Gasteiger partial charge in [-0.2, -0.15) is 15.1 Å². The van der Waals surface area contributed by atoms with E-state index in [1.165, 1.54) is 6.08 Å². The Labute approximate surface area is 266 Å². The number of aryl methyl sites for hydroxylation is 2. The number of likely N-dealkylation sites (tertiary alicyclic amines) is 1. The van der Waals surface area contributed by atoms with Gasteiger partial charge in [-0.3, -0.25) is 14.4 Å². The lowest BCUT2D eigenvalue weighted by molar-refractivity contribution is -0.128. The number of hydrogen-bond acceptors (Lipinski definition) is 7. The maximum absolute atomic E-state index is 17.0. The van der Waals surface area contributed by atoms with Crippen molar-refractivity contribution >= 4 is 45.1 Å². The zero-order valence-corrected chi connectivity index (χ0v) is 27.2. The summed E-state index contributed by atoms with van der Waals surface area (Å²) in [4.78, 5) is 27.7. The van der Waals surface area contributed by atoms with Crippen molar-refractivity contribution in [3.05, 3.63) is 53.5 Å². The lowest BCUT2D eigenvalue weighted by Gasteiger charge is -2.44. The Bertz CT molecular complexity index is 1830. The third-order valence-electron chi connectivity index (χ3n) is 9.19. The normalized spacial score (nSPS) is 24.2. The molecule has 12 heteroatoms. The van der Waals surface area contributed by atoms with E-state index in [4.69, 9.17) is 21.3 Å². The number of carbonyl (C=O) groups is 1. The van der Waals surface area contributed by atoms with E-state index in [2.05, 4.69) is 16.7 Å². The molecule has 1 amide bonds. The molecule has 2 fully saturated rings. The highest BCUT2D eigenvalue weighted by Gasteiger charge is 2.40. The minimum Gasteiger partial charge on any atom is -0.462 e. The molecule has 0 saturated carbocycles. The van der Waals surface area contributed by atoms with Crippen LogP contribution < -0.4 is 9.64 Å². The number of piperazine rings is 1. The number of amides is 1. The van der Waals surface area contributed by atoms with Gasteiger partial charge in [-0.05, 0) is 52.4 Å². The monoisotopic (exact) mass is 637 g/mol. The Hall–Kier alpha value is -3.83. The molecule has 4 aromatic rings. The van der Waals surface area contributed by atoms with Gasteiger partial charge in [-0.25, -0.2) is 8.78 Å². The van der Waals surface area contributed by atoms with Gasteiger partial charge in [0.2, 0.25) is 5.91 Å². The molecule has 0 aliphatic carbocycles. The molecule has 9 nitrogen and oxygen atoms in total. The number of hydrogen-bond donors (Lipinski definition) is 0. The number of rotatable bonds is 6. The van der Waals surface area contributed by atoms with Crippen LogP contribution in [0.25, 0.3) is 32.9 Å². The first-order chi connectivity index (χ1) is 21.3. The van der Waals surface area contributed by atoms with E-state index in [1.807, 2.05) is 56.8 Å². The zero-order chi connectivity index (χ0) is 32.4. The average molecular weight is 638 g/mol. The third-order valence-corrected chi connectivity index (χ3v) is 9.49. The highest BCUT2D eigenvalue weighted by molar-refractivity contribution is 6.35. The number of aromatic nitrogens is 4. The van der Waals surface area contributed by atoms with Crippen LogP contribution in [0.3, 0.4) is 0 Å². The summed E-state index contributed by atoms with van der Waals surface area (Å²) in [6.07, 6.45) is 3.35. The van der Waals surface area contributed by atoms with Crippen LogP contribution in [0.2, 0.25) is 5.02 Å². The fourth-order valence-electron chi connectivity index (χ4n) is 6.92. The molecular weight excluding hydrogens is 600 g/mol. The first-order valence-electron chi connectivity index (χ1n) is 15.1. The Morgan fingerprint density at radius 3 is 2.64 bits per heavy atom. The minimum atomic E-state index is -1.32. The summed E-state index contributed by atoms with van der Waals surface area (Å²) in [6, 6.07) is 5.04. The number of carbonyl (C=O) groups excluding carboxylic acids is 1. The number of likely N-dealkylation sites (N-methyl/N-ethyl adjacent to an activating group) is 1. The van der Waals surface area contributed by atoms with Crippen molar-refractivity contribution in [3.8, 4) is 17.1 Å². The first kappa shape index (κ1) is 31.2. The largest absolute Gasteiger partial charge is 0.462 e. The summed E-state index contributed by atoms with van der Waals surface area (Å²) >= 11 is 6.94. The predicted octanol–water partition coefficient (Wildman–Crippen LogP) is 5.71. The van der Waals surface area contributed by atoms with Crippen molar-refractivity contribution in [1.29, 1.82) is 0 Å². The maximum atomic E-state index is 17.0. The molecule has 0 bridgehead atoms. The standard InChI is InChI=1S/C33H38ClF2N7O2/c1-8-25(44)42-14-20(4)43(15-19(42)3)31-23-11-24(34)27(26-18(2)9-10-21-13-37-41(7)30(21)26)28(35)29(23)38-32(39-31)45-16-22-12-33(5,36)17-40(22)6/h8-11,13,19-20,22H,1,12,14-17H2,2-7H3/t19-,20+,22-,33?/m1/s1. The number of alkyl halides is 1. The number of anilines is 1. The van der Waals surface area contributed by atoms with Gasteiger partial charge in [-0.1, -0.05) is 30.3 Å². The Balaban J connectivity index is 1.51. The summed E-state index contributed by atoms with van der Waals surface area (Å²) in [6.45, 7) is 12.4. The molecule has 2 aromatic heterocycles. The highest BCUT2D eigenvalue weighted by atomic mass is 35.5. The van der Waals surface area contributed by atoms with Gasteiger partial charge in [0.1, 0.15) is 23.6 Å². The maximum Gasteiger partial charge on any atom is 0.319 e. The van der Waals surface area contributed by atoms with Gasteiger partial charge in [0.25, 0.3) is 0 Å². The second-order valence-corrected chi connectivity index (χ2v) is 13.2. The Morgan fingerprint density at radius 2 is 1.96 bits per heavy atom. The lowest BCUT2D eigenvalue weighted by atomic mass is 9.96. The number of benzene rings is 2. The van der Waals surface area contributed by atoms with Crippen LogP contribution in [-0.2, 0) is 11.8 Å². The highest BCUT2D eigenvalue weighted by Crippen LogP contribution is 2.43. The van der Waals surface area contributed by atoms with E-state index < -0.39 is 11.5 Å². The van der Waals surface area contributed by atoms with Crippen molar-refractivity contribution in [3.63, 3.8) is 0 Å².